The van der Waals surface area contributed by atoms with Gasteiger partial charge in [0, 0.05) is 19.1 Å². The van der Waals surface area contributed by atoms with Crippen molar-refractivity contribution < 1.29 is 9.53 Å². The van der Waals surface area contributed by atoms with Gasteiger partial charge < -0.3 is 15.4 Å². The van der Waals surface area contributed by atoms with Crippen LogP contribution in [0, 0.1) is 0 Å². The summed E-state index contributed by atoms with van der Waals surface area (Å²) in [5.41, 5.74) is 5.31. The predicted octanol–water partition coefficient (Wildman–Crippen LogP) is -0.0290. The quantitative estimate of drug-likeness (QED) is 0.659. The molecule has 0 atom stereocenters. The molecule has 0 aromatic carbocycles. The zero-order chi connectivity index (χ0) is 10.1. The van der Waals surface area contributed by atoms with Crippen molar-refractivity contribution in [3.8, 4) is 0 Å². The molecule has 0 bridgehead atoms. The number of hydrogen-bond donors (Lipinski definition) is 1. The monoisotopic (exact) mass is 186 g/mol. The fourth-order valence-electron chi connectivity index (χ4n) is 1.09. The Morgan fingerprint density at radius 1 is 1.54 bits per heavy atom. The van der Waals surface area contributed by atoms with Crippen LogP contribution in [0.1, 0.15) is 20.8 Å². The van der Waals surface area contributed by atoms with E-state index < -0.39 is 0 Å². The summed E-state index contributed by atoms with van der Waals surface area (Å²) in [7, 11) is 0. The molecule has 4 heteroatoms. The minimum atomic E-state index is -0.247. The average Bonchev–Trinajstić information content (AvgIpc) is 1.93. The van der Waals surface area contributed by atoms with Gasteiger partial charge in [0.2, 0.25) is 5.91 Å². The van der Waals surface area contributed by atoms with Crippen molar-refractivity contribution in [3.05, 3.63) is 0 Å². The lowest BCUT2D eigenvalue weighted by atomic mass is 10.1. The molecule has 0 unspecified atom stereocenters. The molecule has 0 aliphatic carbocycles. The van der Waals surface area contributed by atoms with Crippen molar-refractivity contribution in [2.75, 3.05) is 19.7 Å². The van der Waals surface area contributed by atoms with Crippen molar-refractivity contribution >= 4 is 5.91 Å². The van der Waals surface area contributed by atoms with E-state index in [1.807, 2.05) is 20.8 Å². The van der Waals surface area contributed by atoms with Crippen LogP contribution in [0.5, 0.6) is 0 Å². The van der Waals surface area contributed by atoms with Gasteiger partial charge in [0.05, 0.1) is 5.60 Å². The number of rotatable bonds is 2. The number of hydrogen-bond acceptors (Lipinski definition) is 3. The topological polar surface area (TPSA) is 55.6 Å². The first kappa shape index (κ1) is 10.5. The van der Waals surface area contributed by atoms with Crippen LogP contribution in [0.15, 0.2) is 0 Å². The number of ether oxygens (including phenoxy) is 1. The summed E-state index contributed by atoms with van der Waals surface area (Å²) >= 11 is 0. The predicted molar refractivity (Wildman–Crippen MR) is 50.3 cm³/mol. The van der Waals surface area contributed by atoms with Gasteiger partial charge in [-0.1, -0.05) is 0 Å². The van der Waals surface area contributed by atoms with E-state index in [-0.39, 0.29) is 24.2 Å². The fourth-order valence-corrected chi connectivity index (χ4v) is 1.09. The highest BCUT2D eigenvalue weighted by molar-refractivity contribution is 5.78. The second-order valence-corrected chi connectivity index (χ2v) is 4.46. The van der Waals surface area contributed by atoms with Crippen LogP contribution in [-0.4, -0.2) is 42.1 Å². The highest BCUT2D eigenvalue weighted by Crippen LogP contribution is 2.09. The lowest BCUT2D eigenvalue weighted by molar-refractivity contribution is -0.145. The molecule has 1 fully saturated rings. The molecule has 13 heavy (non-hydrogen) atoms. The summed E-state index contributed by atoms with van der Waals surface area (Å²) in [5, 5.41) is 0. The molecule has 1 aliphatic rings. The molecule has 0 aromatic rings. The number of nitrogens with two attached hydrogens (primary N) is 1. The van der Waals surface area contributed by atoms with Crippen LogP contribution in [0.3, 0.4) is 0 Å². The second-order valence-electron chi connectivity index (χ2n) is 4.46. The average molecular weight is 186 g/mol. The molecular weight excluding hydrogens is 168 g/mol. The van der Waals surface area contributed by atoms with Gasteiger partial charge in [-0.3, -0.25) is 4.79 Å². The SMILES string of the molecule is CC(C)(C)OCC(=O)N1CC(N)C1. The van der Waals surface area contributed by atoms with E-state index in [4.69, 9.17) is 10.5 Å². The molecular formula is C9H18N2O2. The molecule has 1 heterocycles. The molecule has 76 valence electrons. The van der Waals surface area contributed by atoms with Crippen LogP contribution in [0.2, 0.25) is 0 Å². The van der Waals surface area contributed by atoms with Crippen LogP contribution in [0.4, 0.5) is 0 Å². The van der Waals surface area contributed by atoms with E-state index in [1.165, 1.54) is 0 Å². The van der Waals surface area contributed by atoms with Gasteiger partial charge in [-0.15, -0.1) is 0 Å². The molecule has 1 saturated heterocycles. The summed E-state index contributed by atoms with van der Waals surface area (Å²) in [6, 6.07) is 0.165. The maximum Gasteiger partial charge on any atom is 0.248 e. The van der Waals surface area contributed by atoms with Crippen molar-refractivity contribution in [2.24, 2.45) is 5.73 Å². The Balaban J connectivity index is 2.19. The van der Waals surface area contributed by atoms with E-state index in [0.717, 1.165) is 0 Å². The molecule has 0 saturated carbocycles. The van der Waals surface area contributed by atoms with Crippen molar-refractivity contribution in [3.63, 3.8) is 0 Å². The summed E-state index contributed by atoms with van der Waals surface area (Å²) in [5.74, 6) is 0.0385. The number of amides is 1. The van der Waals surface area contributed by atoms with Gasteiger partial charge in [0.15, 0.2) is 0 Å². The summed E-state index contributed by atoms with van der Waals surface area (Å²) < 4.78 is 5.35. The number of likely N-dealkylation sites (tertiary alicyclic amines) is 1. The van der Waals surface area contributed by atoms with Crippen molar-refractivity contribution in [2.45, 2.75) is 32.4 Å². The summed E-state index contributed by atoms with van der Waals surface area (Å²) in [6.07, 6.45) is 0. The van der Waals surface area contributed by atoms with E-state index >= 15 is 0 Å². The third-order valence-electron chi connectivity index (χ3n) is 1.89. The Labute approximate surface area is 79.0 Å². The lowest BCUT2D eigenvalue weighted by Gasteiger charge is -2.37. The van der Waals surface area contributed by atoms with Gasteiger partial charge in [-0.25, -0.2) is 0 Å². The highest BCUT2D eigenvalue weighted by atomic mass is 16.5. The molecule has 2 N–H and O–H groups in total. The summed E-state index contributed by atoms with van der Waals surface area (Å²) in [4.78, 5) is 13.1. The van der Waals surface area contributed by atoms with Crippen molar-refractivity contribution in [1.82, 2.24) is 4.90 Å². The Bertz CT molecular complexity index is 192. The maximum atomic E-state index is 11.4. The van der Waals surface area contributed by atoms with E-state index in [0.29, 0.717) is 13.1 Å². The first-order valence-corrected chi connectivity index (χ1v) is 4.56. The maximum absolute atomic E-state index is 11.4. The van der Waals surface area contributed by atoms with Gasteiger partial charge in [0.1, 0.15) is 6.61 Å². The Morgan fingerprint density at radius 2 is 2.08 bits per heavy atom. The Morgan fingerprint density at radius 3 is 2.46 bits per heavy atom. The molecule has 0 spiro atoms. The smallest absolute Gasteiger partial charge is 0.248 e. The second kappa shape index (κ2) is 3.64. The van der Waals surface area contributed by atoms with E-state index in [2.05, 4.69) is 0 Å². The number of nitrogens with zero attached hydrogens (tertiary/aromatic N) is 1. The third kappa shape index (κ3) is 3.32. The number of carbonyl (C=O) groups is 1. The molecule has 1 rings (SSSR count). The molecule has 0 aromatic heterocycles. The Hall–Kier alpha value is -0.610. The highest BCUT2D eigenvalue weighted by Gasteiger charge is 2.28. The van der Waals surface area contributed by atoms with Crippen LogP contribution >= 0.6 is 0 Å². The normalized spacial score (nSPS) is 18.6. The fraction of sp³-hybridized carbons (Fsp3) is 0.889. The van der Waals surface area contributed by atoms with Crippen LogP contribution in [0.25, 0.3) is 0 Å². The molecule has 0 radical (unpaired) electrons. The molecule has 1 aliphatic heterocycles. The van der Waals surface area contributed by atoms with Crippen molar-refractivity contribution in [1.29, 1.82) is 0 Å². The first-order chi connectivity index (χ1) is 5.88. The van der Waals surface area contributed by atoms with Gasteiger partial charge in [-0.05, 0) is 20.8 Å². The summed E-state index contributed by atoms with van der Waals surface area (Å²) in [6.45, 7) is 7.31. The first-order valence-electron chi connectivity index (χ1n) is 4.56. The molecule has 1 amide bonds. The van der Waals surface area contributed by atoms with Crippen LogP contribution < -0.4 is 5.73 Å². The number of carbonyl (C=O) groups excluding carboxylic acids is 1. The largest absolute Gasteiger partial charge is 0.366 e. The Kier molecular flexibility index (Phi) is 2.93. The third-order valence-corrected chi connectivity index (χ3v) is 1.89. The molecule has 4 nitrogen and oxygen atoms in total. The van der Waals surface area contributed by atoms with E-state index in [9.17, 15) is 4.79 Å². The van der Waals surface area contributed by atoms with Gasteiger partial charge >= 0.3 is 0 Å². The van der Waals surface area contributed by atoms with Gasteiger partial charge in [0.25, 0.3) is 0 Å². The standard InChI is InChI=1S/C9H18N2O2/c1-9(2,3)13-6-8(12)11-4-7(10)5-11/h7H,4-6,10H2,1-3H3. The zero-order valence-electron chi connectivity index (χ0n) is 8.54. The zero-order valence-corrected chi connectivity index (χ0v) is 8.54. The minimum Gasteiger partial charge on any atom is -0.366 e. The minimum absolute atomic E-state index is 0.0385. The lowest BCUT2D eigenvalue weighted by Crippen LogP contribution is -2.58. The van der Waals surface area contributed by atoms with E-state index in [1.54, 1.807) is 4.90 Å². The van der Waals surface area contributed by atoms with Crippen LogP contribution in [-0.2, 0) is 9.53 Å². The van der Waals surface area contributed by atoms with Gasteiger partial charge in [-0.2, -0.15) is 0 Å².